The summed E-state index contributed by atoms with van der Waals surface area (Å²) in [6, 6.07) is 12.7. The first-order chi connectivity index (χ1) is 12.3. The molecular formula is C19H21N3O3S. The SMILES string of the molecule is Cc1n(CCCS(=O)(=O)[O-])c2cc3c(cc2[n+]1C)c1ccccc1n3C. The normalized spacial score (nSPS) is 12.6. The lowest BCUT2D eigenvalue weighted by molar-refractivity contribution is -0.652. The molecular weight excluding hydrogens is 350 g/mol. The van der Waals surface area contributed by atoms with E-state index in [1.54, 1.807) is 0 Å². The van der Waals surface area contributed by atoms with Crippen LogP contribution in [0.3, 0.4) is 0 Å². The van der Waals surface area contributed by atoms with Crippen LogP contribution >= 0.6 is 0 Å². The molecule has 0 saturated heterocycles. The molecule has 4 aromatic rings. The third kappa shape index (κ3) is 2.59. The van der Waals surface area contributed by atoms with Crippen molar-refractivity contribution in [1.29, 1.82) is 0 Å². The molecule has 0 atom stereocenters. The zero-order valence-electron chi connectivity index (χ0n) is 15.1. The van der Waals surface area contributed by atoms with Gasteiger partial charge in [-0.15, -0.1) is 0 Å². The molecule has 2 heterocycles. The lowest BCUT2D eigenvalue weighted by atomic mass is 10.1. The van der Waals surface area contributed by atoms with Gasteiger partial charge in [0.2, 0.25) is 0 Å². The van der Waals surface area contributed by atoms with E-state index >= 15 is 0 Å². The molecule has 136 valence electrons. The van der Waals surface area contributed by atoms with Crippen molar-refractivity contribution in [3.8, 4) is 0 Å². The fourth-order valence-electron chi connectivity index (χ4n) is 3.88. The first-order valence-electron chi connectivity index (χ1n) is 8.57. The van der Waals surface area contributed by atoms with E-state index in [1.165, 1.54) is 16.3 Å². The summed E-state index contributed by atoms with van der Waals surface area (Å²) < 4.78 is 39.1. The van der Waals surface area contributed by atoms with Gasteiger partial charge in [-0.05, 0) is 18.6 Å². The Kier molecular flexibility index (Phi) is 3.82. The van der Waals surface area contributed by atoms with Gasteiger partial charge in [-0.3, -0.25) is 0 Å². The highest BCUT2D eigenvalue weighted by molar-refractivity contribution is 7.85. The summed E-state index contributed by atoms with van der Waals surface area (Å²) in [5.74, 6) is 0.689. The van der Waals surface area contributed by atoms with Gasteiger partial charge in [-0.1, -0.05) is 18.2 Å². The van der Waals surface area contributed by atoms with Crippen molar-refractivity contribution in [3.63, 3.8) is 0 Å². The fourth-order valence-corrected chi connectivity index (χ4v) is 4.36. The quantitative estimate of drug-likeness (QED) is 0.408. The van der Waals surface area contributed by atoms with E-state index in [4.69, 9.17) is 0 Å². The molecule has 6 nitrogen and oxygen atoms in total. The largest absolute Gasteiger partial charge is 0.748 e. The van der Waals surface area contributed by atoms with Crippen molar-refractivity contribution >= 4 is 43.0 Å². The highest BCUT2D eigenvalue weighted by Crippen LogP contribution is 2.31. The summed E-state index contributed by atoms with van der Waals surface area (Å²) in [6.45, 7) is 2.51. The van der Waals surface area contributed by atoms with Crippen LogP contribution in [0.2, 0.25) is 0 Å². The molecule has 7 heteroatoms. The lowest BCUT2D eigenvalue weighted by Gasteiger charge is -2.05. The van der Waals surface area contributed by atoms with Gasteiger partial charge in [0.1, 0.15) is 0 Å². The Morgan fingerprint density at radius 3 is 2.54 bits per heavy atom. The summed E-state index contributed by atoms with van der Waals surface area (Å²) in [5, 5.41) is 2.42. The van der Waals surface area contributed by atoms with Crippen LogP contribution in [-0.4, -0.2) is 27.9 Å². The monoisotopic (exact) mass is 371 g/mol. The second-order valence-electron chi connectivity index (χ2n) is 6.81. The van der Waals surface area contributed by atoms with Crippen LogP contribution in [0.15, 0.2) is 36.4 Å². The third-order valence-corrected chi connectivity index (χ3v) is 6.10. The lowest BCUT2D eigenvalue weighted by Crippen LogP contribution is -2.31. The Morgan fingerprint density at radius 1 is 1.08 bits per heavy atom. The van der Waals surface area contributed by atoms with Crippen molar-refractivity contribution in [2.24, 2.45) is 14.1 Å². The van der Waals surface area contributed by atoms with E-state index in [0.29, 0.717) is 13.0 Å². The molecule has 0 aliphatic heterocycles. The summed E-state index contributed by atoms with van der Waals surface area (Å²) >= 11 is 0. The summed E-state index contributed by atoms with van der Waals surface area (Å²) in [7, 11) is -0.121. The van der Waals surface area contributed by atoms with Crippen LogP contribution < -0.4 is 4.57 Å². The van der Waals surface area contributed by atoms with Crippen LogP contribution in [0.4, 0.5) is 0 Å². The Morgan fingerprint density at radius 2 is 1.81 bits per heavy atom. The Labute approximate surface area is 152 Å². The van der Waals surface area contributed by atoms with E-state index in [2.05, 4.69) is 45.0 Å². The highest BCUT2D eigenvalue weighted by atomic mass is 32.2. The number of para-hydroxylation sites is 1. The molecule has 0 aliphatic rings. The molecule has 2 aromatic heterocycles. The molecule has 26 heavy (non-hydrogen) atoms. The van der Waals surface area contributed by atoms with E-state index in [-0.39, 0.29) is 5.75 Å². The number of hydrogen-bond acceptors (Lipinski definition) is 3. The molecule has 0 aliphatic carbocycles. The molecule has 0 radical (unpaired) electrons. The second kappa shape index (κ2) is 5.82. The van der Waals surface area contributed by atoms with Gasteiger partial charge < -0.3 is 9.12 Å². The van der Waals surface area contributed by atoms with Crippen LogP contribution in [0.25, 0.3) is 32.8 Å². The van der Waals surface area contributed by atoms with Gasteiger partial charge in [-0.25, -0.2) is 17.6 Å². The number of hydrogen-bond donors (Lipinski definition) is 0. The molecule has 2 aromatic carbocycles. The van der Waals surface area contributed by atoms with Crippen molar-refractivity contribution in [2.45, 2.75) is 19.9 Å². The molecule has 0 fully saturated rings. The summed E-state index contributed by atoms with van der Waals surface area (Å²) in [5.41, 5.74) is 4.45. The Hall–Kier alpha value is -2.38. The molecule has 0 spiro atoms. The Balaban J connectivity index is 1.93. The molecule has 0 N–H and O–H groups in total. The van der Waals surface area contributed by atoms with Crippen molar-refractivity contribution in [3.05, 3.63) is 42.2 Å². The number of nitrogens with zero attached hydrogens (tertiary/aromatic N) is 3. The highest BCUT2D eigenvalue weighted by Gasteiger charge is 2.21. The van der Waals surface area contributed by atoms with E-state index < -0.39 is 10.1 Å². The van der Waals surface area contributed by atoms with Crippen LogP contribution in [0.1, 0.15) is 12.2 Å². The zero-order chi connectivity index (χ0) is 18.6. The van der Waals surface area contributed by atoms with Crippen LogP contribution in [0.5, 0.6) is 0 Å². The average Bonchev–Trinajstić information content (AvgIpc) is 3.00. The smallest absolute Gasteiger partial charge is 0.253 e. The van der Waals surface area contributed by atoms with Gasteiger partial charge in [0.25, 0.3) is 5.82 Å². The molecule has 4 rings (SSSR count). The number of imidazole rings is 1. The zero-order valence-corrected chi connectivity index (χ0v) is 15.9. The topological polar surface area (TPSA) is 70.9 Å². The second-order valence-corrected chi connectivity index (χ2v) is 8.33. The summed E-state index contributed by atoms with van der Waals surface area (Å²) in [4.78, 5) is 0. The predicted octanol–water partition coefficient (Wildman–Crippen LogP) is 2.35. The molecule has 0 unspecified atom stereocenters. The first-order valence-corrected chi connectivity index (χ1v) is 10.2. The predicted molar refractivity (Wildman–Crippen MR) is 101 cm³/mol. The van der Waals surface area contributed by atoms with Crippen molar-refractivity contribution in [2.75, 3.05) is 5.75 Å². The first kappa shape index (κ1) is 17.1. The number of rotatable bonds is 4. The fraction of sp³-hybridized carbons (Fsp3) is 0.316. The van der Waals surface area contributed by atoms with E-state index in [9.17, 15) is 13.0 Å². The molecule has 0 amide bonds. The minimum absolute atomic E-state index is 0.309. The van der Waals surface area contributed by atoms with Gasteiger partial charge in [-0.2, -0.15) is 0 Å². The van der Waals surface area contributed by atoms with Gasteiger partial charge >= 0.3 is 0 Å². The maximum absolute atomic E-state index is 10.9. The molecule has 0 saturated carbocycles. The standard InChI is InChI=1S/C19H21N3O3S/c1-13-20(2)18-11-15-14-7-4-5-8-16(14)21(3)17(15)12-19(18)22(13)9-6-10-26(23,24)25/h4-5,7-8,11-12H,6,9-10H2,1-3H3. The van der Waals surface area contributed by atoms with E-state index in [1.807, 2.05) is 26.1 Å². The molecule has 0 bridgehead atoms. The minimum Gasteiger partial charge on any atom is -0.748 e. The van der Waals surface area contributed by atoms with Crippen LogP contribution in [0, 0.1) is 6.92 Å². The number of aromatic nitrogens is 3. The van der Waals surface area contributed by atoms with Gasteiger partial charge in [0.05, 0.1) is 29.2 Å². The van der Waals surface area contributed by atoms with Crippen molar-refractivity contribution in [1.82, 2.24) is 9.13 Å². The number of fused-ring (bicyclic) bond motifs is 4. The van der Waals surface area contributed by atoms with Gasteiger partial charge in [0.15, 0.2) is 11.0 Å². The van der Waals surface area contributed by atoms with Crippen LogP contribution in [-0.2, 0) is 30.8 Å². The number of benzene rings is 2. The third-order valence-electron chi connectivity index (χ3n) is 5.31. The minimum atomic E-state index is -4.19. The van der Waals surface area contributed by atoms with Crippen molar-refractivity contribution < 1.29 is 17.5 Å². The van der Waals surface area contributed by atoms with E-state index in [0.717, 1.165) is 22.4 Å². The number of aryl methyl sites for hydroxylation is 3. The van der Waals surface area contributed by atoms with Gasteiger partial charge in [0, 0.05) is 42.1 Å². The average molecular weight is 371 g/mol. The maximum Gasteiger partial charge on any atom is 0.253 e. The Bertz CT molecular complexity index is 1270. The summed E-state index contributed by atoms with van der Waals surface area (Å²) in [6.07, 6.45) is 0.309. The maximum atomic E-state index is 10.9.